The van der Waals surface area contributed by atoms with Crippen molar-refractivity contribution in [2.45, 2.75) is 11.8 Å². The Labute approximate surface area is 191 Å². The van der Waals surface area contributed by atoms with Crippen molar-refractivity contribution in [3.05, 3.63) is 90.2 Å². The van der Waals surface area contributed by atoms with E-state index in [9.17, 15) is 13.2 Å². The van der Waals surface area contributed by atoms with Crippen molar-refractivity contribution in [1.82, 2.24) is 5.16 Å². The number of hydrogen-bond acceptors (Lipinski definition) is 6. The highest BCUT2D eigenvalue weighted by Crippen LogP contribution is 2.29. The van der Waals surface area contributed by atoms with E-state index in [0.717, 1.165) is 5.56 Å². The molecule has 0 unspecified atom stereocenters. The zero-order valence-corrected chi connectivity index (χ0v) is 18.7. The Morgan fingerprint density at radius 1 is 0.909 bits per heavy atom. The summed E-state index contributed by atoms with van der Waals surface area (Å²) in [4.78, 5) is 13.2. The van der Waals surface area contributed by atoms with E-state index in [1.807, 2.05) is 30.3 Å². The maximum absolute atomic E-state index is 13.1. The summed E-state index contributed by atoms with van der Waals surface area (Å²) in [5.41, 5.74) is 1.92. The van der Waals surface area contributed by atoms with Crippen LogP contribution in [-0.4, -0.2) is 26.6 Å². The average Bonchev–Trinajstić information content (AvgIpc) is 3.22. The Balaban J connectivity index is 1.61. The Morgan fingerprint density at radius 3 is 2.21 bits per heavy atom. The number of carbonyl (C=O) groups is 1. The van der Waals surface area contributed by atoms with Gasteiger partial charge in [0, 0.05) is 5.56 Å². The van der Waals surface area contributed by atoms with Crippen LogP contribution in [0.4, 0.5) is 11.4 Å². The van der Waals surface area contributed by atoms with Gasteiger partial charge in [-0.2, -0.15) is 0 Å². The lowest BCUT2D eigenvalue weighted by Gasteiger charge is -2.14. The first-order chi connectivity index (χ1) is 15.9. The first-order valence-electron chi connectivity index (χ1n) is 9.98. The lowest BCUT2D eigenvalue weighted by molar-refractivity contribution is 0.102. The first-order valence-corrected chi connectivity index (χ1v) is 11.5. The number of methoxy groups -OCH3 is 1. The highest BCUT2D eigenvalue weighted by atomic mass is 32.2. The minimum absolute atomic E-state index is 0.0608. The van der Waals surface area contributed by atoms with Crippen molar-refractivity contribution in [3.8, 4) is 17.0 Å². The molecule has 33 heavy (non-hydrogen) atoms. The molecule has 0 aliphatic carbocycles. The normalized spacial score (nSPS) is 11.1. The molecule has 0 saturated heterocycles. The standard InChI is InChI=1S/C24H21N3O5S/c1-16-22(23(26-32-16)17-8-4-3-5-9-17)24(28)25-20-10-6-7-11-21(20)27-33(29,30)19-14-12-18(31-2)13-15-19/h3-15,27H,1-2H3,(H,25,28). The van der Waals surface area contributed by atoms with Crippen molar-refractivity contribution in [3.63, 3.8) is 0 Å². The Hall–Kier alpha value is -4.11. The quantitative estimate of drug-likeness (QED) is 0.411. The molecule has 1 aromatic heterocycles. The largest absolute Gasteiger partial charge is 0.497 e. The summed E-state index contributed by atoms with van der Waals surface area (Å²) in [6.07, 6.45) is 0. The molecule has 0 atom stereocenters. The molecule has 0 fully saturated rings. The molecular weight excluding hydrogens is 442 g/mol. The highest BCUT2D eigenvalue weighted by Gasteiger charge is 2.23. The minimum atomic E-state index is -3.90. The van der Waals surface area contributed by atoms with Crippen LogP contribution >= 0.6 is 0 Å². The highest BCUT2D eigenvalue weighted by molar-refractivity contribution is 7.92. The zero-order chi connectivity index (χ0) is 23.4. The zero-order valence-electron chi connectivity index (χ0n) is 17.9. The summed E-state index contributed by atoms with van der Waals surface area (Å²) >= 11 is 0. The van der Waals surface area contributed by atoms with Crippen LogP contribution in [0.1, 0.15) is 16.1 Å². The average molecular weight is 464 g/mol. The molecule has 8 nitrogen and oxygen atoms in total. The van der Waals surface area contributed by atoms with Crippen LogP contribution in [0.3, 0.4) is 0 Å². The number of nitrogens with one attached hydrogen (secondary N) is 2. The number of rotatable bonds is 7. The van der Waals surface area contributed by atoms with Gasteiger partial charge >= 0.3 is 0 Å². The summed E-state index contributed by atoms with van der Waals surface area (Å²) in [5.74, 6) is 0.422. The molecule has 1 heterocycles. The van der Waals surface area contributed by atoms with E-state index >= 15 is 0 Å². The number of carbonyl (C=O) groups excluding carboxylic acids is 1. The maximum atomic E-state index is 13.1. The third-order valence-electron chi connectivity index (χ3n) is 4.93. The molecular formula is C24H21N3O5S. The van der Waals surface area contributed by atoms with Crippen molar-refractivity contribution >= 4 is 27.3 Å². The van der Waals surface area contributed by atoms with Gasteiger partial charge in [-0.1, -0.05) is 47.6 Å². The molecule has 4 aromatic rings. The van der Waals surface area contributed by atoms with Crippen LogP contribution in [-0.2, 0) is 10.0 Å². The van der Waals surface area contributed by atoms with E-state index in [1.165, 1.54) is 19.2 Å². The van der Waals surface area contributed by atoms with Gasteiger partial charge in [0.1, 0.15) is 22.8 Å². The molecule has 2 N–H and O–H groups in total. The van der Waals surface area contributed by atoms with Gasteiger partial charge in [0.2, 0.25) is 0 Å². The van der Waals surface area contributed by atoms with Crippen LogP contribution in [0.25, 0.3) is 11.3 Å². The number of anilines is 2. The van der Waals surface area contributed by atoms with Crippen molar-refractivity contribution in [2.75, 3.05) is 17.1 Å². The molecule has 0 saturated carbocycles. The number of aromatic nitrogens is 1. The smallest absolute Gasteiger partial charge is 0.261 e. The second-order valence-corrected chi connectivity index (χ2v) is 8.79. The Kier molecular flexibility index (Phi) is 6.14. The molecule has 0 spiro atoms. The van der Waals surface area contributed by atoms with Crippen LogP contribution in [0, 0.1) is 6.92 Å². The summed E-state index contributed by atoms with van der Waals surface area (Å²) < 4.78 is 38.6. The second-order valence-electron chi connectivity index (χ2n) is 7.11. The van der Waals surface area contributed by atoms with Crippen LogP contribution < -0.4 is 14.8 Å². The van der Waals surface area contributed by atoms with E-state index in [1.54, 1.807) is 43.3 Å². The maximum Gasteiger partial charge on any atom is 0.261 e. The van der Waals surface area contributed by atoms with Gasteiger partial charge in [-0.15, -0.1) is 0 Å². The fourth-order valence-electron chi connectivity index (χ4n) is 3.26. The molecule has 3 aromatic carbocycles. The molecule has 4 rings (SSSR count). The number of sulfonamides is 1. The van der Waals surface area contributed by atoms with E-state index < -0.39 is 15.9 Å². The third kappa shape index (κ3) is 4.73. The summed E-state index contributed by atoms with van der Waals surface area (Å²) in [7, 11) is -2.40. The fraction of sp³-hybridized carbons (Fsp3) is 0.0833. The van der Waals surface area contributed by atoms with Crippen molar-refractivity contribution in [1.29, 1.82) is 0 Å². The minimum Gasteiger partial charge on any atom is -0.497 e. The van der Waals surface area contributed by atoms with Gasteiger partial charge in [-0.05, 0) is 43.3 Å². The number of para-hydroxylation sites is 2. The van der Waals surface area contributed by atoms with Gasteiger partial charge < -0.3 is 14.6 Å². The number of ether oxygens (including phenoxy) is 1. The van der Waals surface area contributed by atoms with Crippen LogP contribution in [0.5, 0.6) is 5.75 Å². The van der Waals surface area contributed by atoms with E-state index in [4.69, 9.17) is 9.26 Å². The molecule has 0 bridgehead atoms. The molecule has 0 radical (unpaired) electrons. The summed E-state index contributed by atoms with van der Waals surface area (Å²) in [6.45, 7) is 1.65. The van der Waals surface area contributed by atoms with Gasteiger partial charge in [0.15, 0.2) is 0 Å². The van der Waals surface area contributed by atoms with Gasteiger partial charge in [-0.25, -0.2) is 8.42 Å². The third-order valence-corrected chi connectivity index (χ3v) is 6.31. The van der Waals surface area contributed by atoms with Crippen molar-refractivity contribution in [2.24, 2.45) is 0 Å². The lowest BCUT2D eigenvalue weighted by atomic mass is 10.1. The van der Waals surface area contributed by atoms with E-state index in [2.05, 4.69) is 15.2 Å². The summed E-state index contributed by atoms with van der Waals surface area (Å²) in [6, 6.07) is 21.7. The lowest BCUT2D eigenvalue weighted by Crippen LogP contribution is -2.18. The predicted molar refractivity (Wildman–Crippen MR) is 125 cm³/mol. The Morgan fingerprint density at radius 2 is 1.55 bits per heavy atom. The second kappa shape index (κ2) is 9.17. The monoisotopic (exact) mass is 463 g/mol. The molecule has 9 heteroatoms. The number of hydrogen-bond donors (Lipinski definition) is 2. The van der Waals surface area contributed by atoms with Gasteiger partial charge in [0.05, 0.1) is 23.4 Å². The van der Waals surface area contributed by atoms with E-state index in [-0.39, 0.29) is 16.1 Å². The SMILES string of the molecule is COc1ccc(S(=O)(=O)Nc2ccccc2NC(=O)c2c(-c3ccccc3)noc2C)cc1. The molecule has 1 amide bonds. The Bertz CT molecular complexity index is 1380. The topological polar surface area (TPSA) is 111 Å². The number of benzene rings is 3. The summed E-state index contributed by atoms with van der Waals surface area (Å²) in [5, 5.41) is 6.80. The van der Waals surface area contributed by atoms with Gasteiger partial charge in [-0.3, -0.25) is 9.52 Å². The van der Waals surface area contributed by atoms with E-state index in [0.29, 0.717) is 22.9 Å². The van der Waals surface area contributed by atoms with Crippen LogP contribution in [0.15, 0.2) is 88.3 Å². The fourth-order valence-corrected chi connectivity index (χ4v) is 4.34. The number of amides is 1. The number of nitrogens with zero attached hydrogens (tertiary/aromatic N) is 1. The molecule has 0 aliphatic rings. The van der Waals surface area contributed by atoms with Crippen molar-refractivity contribution < 1.29 is 22.5 Å². The molecule has 0 aliphatic heterocycles. The van der Waals surface area contributed by atoms with Gasteiger partial charge in [0.25, 0.3) is 15.9 Å². The predicted octanol–water partition coefficient (Wildman–Crippen LogP) is 4.71. The van der Waals surface area contributed by atoms with Crippen LogP contribution in [0.2, 0.25) is 0 Å². The first kappa shape index (κ1) is 22.1. The number of aryl methyl sites for hydroxylation is 1. The molecule has 168 valence electrons.